The zero-order valence-corrected chi connectivity index (χ0v) is 9.87. The van der Waals surface area contributed by atoms with E-state index in [9.17, 15) is 9.18 Å². The molecule has 0 radical (unpaired) electrons. The summed E-state index contributed by atoms with van der Waals surface area (Å²) in [6.45, 7) is 0.812. The molecule has 18 heavy (non-hydrogen) atoms. The third kappa shape index (κ3) is 2.66. The maximum atomic E-state index is 13.4. The van der Waals surface area contributed by atoms with Crippen LogP contribution in [0, 0.1) is 17.1 Å². The molecule has 2 rings (SSSR count). The number of nitrogens with zero attached hydrogens (tertiary/aromatic N) is 1. The van der Waals surface area contributed by atoms with E-state index in [1.54, 1.807) is 6.07 Å². The van der Waals surface area contributed by atoms with Gasteiger partial charge in [-0.05, 0) is 31.5 Å². The fraction of sp³-hybridized carbons (Fsp3) is 0.385. The van der Waals surface area contributed by atoms with Gasteiger partial charge < -0.3 is 10.6 Å². The first-order valence-electron chi connectivity index (χ1n) is 5.95. The van der Waals surface area contributed by atoms with Gasteiger partial charge >= 0.3 is 0 Å². The van der Waals surface area contributed by atoms with Gasteiger partial charge in [-0.2, -0.15) is 5.26 Å². The second-order valence-electron chi connectivity index (χ2n) is 4.27. The molecule has 1 fully saturated rings. The first kappa shape index (κ1) is 12.5. The Labute approximate surface area is 105 Å². The fourth-order valence-electron chi connectivity index (χ4n) is 2.04. The van der Waals surface area contributed by atoms with E-state index in [1.807, 2.05) is 0 Å². The van der Waals surface area contributed by atoms with E-state index in [1.165, 1.54) is 18.2 Å². The monoisotopic (exact) mass is 247 g/mol. The van der Waals surface area contributed by atoms with Crippen LogP contribution in [-0.4, -0.2) is 18.5 Å². The summed E-state index contributed by atoms with van der Waals surface area (Å²) in [5.74, 6) is -0.830. The molecule has 1 aromatic carbocycles. The fourth-order valence-corrected chi connectivity index (χ4v) is 2.04. The second-order valence-corrected chi connectivity index (χ2v) is 4.27. The van der Waals surface area contributed by atoms with Crippen LogP contribution in [0.2, 0.25) is 0 Å². The Morgan fingerprint density at radius 2 is 2.33 bits per heavy atom. The minimum absolute atomic E-state index is 0.123. The van der Waals surface area contributed by atoms with Crippen molar-refractivity contribution in [2.75, 3.05) is 11.9 Å². The number of nitriles is 1. The smallest absolute Gasteiger partial charge is 0.241 e. The first-order chi connectivity index (χ1) is 8.72. The molecule has 1 atom stereocenters. The number of hydrogen-bond acceptors (Lipinski definition) is 3. The summed E-state index contributed by atoms with van der Waals surface area (Å²) in [4.78, 5) is 11.9. The average molecular weight is 247 g/mol. The molecule has 0 saturated carbocycles. The van der Waals surface area contributed by atoms with E-state index < -0.39 is 5.82 Å². The minimum Gasteiger partial charge on any atom is -0.323 e. The van der Waals surface area contributed by atoms with Crippen molar-refractivity contribution in [2.45, 2.75) is 25.3 Å². The van der Waals surface area contributed by atoms with Gasteiger partial charge in [-0.1, -0.05) is 12.5 Å². The molecular weight excluding hydrogens is 233 g/mol. The summed E-state index contributed by atoms with van der Waals surface area (Å²) >= 11 is 0. The average Bonchev–Trinajstić information content (AvgIpc) is 2.40. The number of piperidine rings is 1. The van der Waals surface area contributed by atoms with Gasteiger partial charge in [-0.3, -0.25) is 4.79 Å². The van der Waals surface area contributed by atoms with Gasteiger partial charge in [0, 0.05) is 0 Å². The van der Waals surface area contributed by atoms with Crippen molar-refractivity contribution >= 4 is 11.6 Å². The van der Waals surface area contributed by atoms with Crippen molar-refractivity contribution in [3.63, 3.8) is 0 Å². The maximum absolute atomic E-state index is 13.4. The summed E-state index contributed by atoms with van der Waals surface area (Å²) in [6, 6.07) is 5.71. The Kier molecular flexibility index (Phi) is 3.90. The highest BCUT2D eigenvalue weighted by Gasteiger charge is 2.21. The molecule has 0 unspecified atom stereocenters. The maximum Gasteiger partial charge on any atom is 0.241 e. The van der Waals surface area contributed by atoms with Crippen molar-refractivity contribution in [3.05, 3.63) is 29.6 Å². The number of anilines is 1. The van der Waals surface area contributed by atoms with Gasteiger partial charge in [0.2, 0.25) is 5.91 Å². The number of hydrogen-bond donors (Lipinski definition) is 2. The van der Waals surface area contributed by atoms with Gasteiger partial charge in [0.1, 0.15) is 17.4 Å². The Hall–Kier alpha value is -1.93. The predicted molar refractivity (Wildman–Crippen MR) is 65.4 cm³/mol. The van der Waals surface area contributed by atoms with E-state index in [2.05, 4.69) is 10.6 Å². The summed E-state index contributed by atoms with van der Waals surface area (Å²) in [5, 5.41) is 14.6. The summed E-state index contributed by atoms with van der Waals surface area (Å²) in [7, 11) is 0. The van der Waals surface area contributed by atoms with Crippen LogP contribution in [0.4, 0.5) is 10.1 Å². The van der Waals surface area contributed by atoms with E-state index in [0.29, 0.717) is 0 Å². The molecule has 1 aliphatic heterocycles. The molecule has 0 aromatic heterocycles. The van der Waals surface area contributed by atoms with Crippen LogP contribution in [0.3, 0.4) is 0 Å². The number of amides is 1. The third-order valence-corrected chi connectivity index (χ3v) is 3.01. The largest absolute Gasteiger partial charge is 0.323 e. The Morgan fingerprint density at radius 3 is 3.00 bits per heavy atom. The van der Waals surface area contributed by atoms with Crippen LogP contribution in [0.25, 0.3) is 0 Å². The Bertz CT molecular complexity index is 489. The zero-order chi connectivity index (χ0) is 13.0. The second kappa shape index (κ2) is 5.61. The Morgan fingerprint density at radius 1 is 1.50 bits per heavy atom. The van der Waals surface area contributed by atoms with Crippen molar-refractivity contribution in [2.24, 2.45) is 0 Å². The third-order valence-electron chi connectivity index (χ3n) is 3.01. The molecule has 94 valence electrons. The molecule has 4 nitrogen and oxygen atoms in total. The van der Waals surface area contributed by atoms with Crippen LogP contribution in [0.1, 0.15) is 24.8 Å². The summed E-state index contributed by atoms with van der Waals surface area (Å²) in [6.07, 6.45) is 2.83. The highest BCUT2D eigenvalue weighted by Crippen LogP contribution is 2.18. The van der Waals surface area contributed by atoms with E-state index in [-0.39, 0.29) is 23.2 Å². The molecule has 2 N–H and O–H groups in total. The van der Waals surface area contributed by atoms with Gasteiger partial charge in [0.15, 0.2) is 0 Å². The van der Waals surface area contributed by atoms with E-state index in [0.717, 1.165) is 25.8 Å². The van der Waals surface area contributed by atoms with Crippen molar-refractivity contribution in [3.8, 4) is 6.07 Å². The lowest BCUT2D eigenvalue weighted by Crippen LogP contribution is -2.43. The molecule has 1 saturated heterocycles. The number of benzene rings is 1. The summed E-state index contributed by atoms with van der Waals surface area (Å²) < 4.78 is 13.4. The number of halogens is 1. The highest BCUT2D eigenvalue weighted by molar-refractivity contribution is 5.96. The number of carbonyl (C=O) groups excluding carboxylic acids is 1. The van der Waals surface area contributed by atoms with Crippen molar-refractivity contribution in [1.82, 2.24) is 5.32 Å². The van der Waals surface area contributed by atoms with Crippen molar-refractivity contribution < 1.29 is 9.18 Å². The summed E-state index contributed by atoms with van der Waals surface area (Å²) in [5.41, 5.74) is 0.108. The first-order valence-corrected chi connectivity index (χ1v) is 5.95. The van der Waals surface area contributed by atoms with Gasteiger partial charge in [0.25, 0.3) is 0 Å². The molecule has 5 heteroatoms. The number of nitrogens with one attached hydrogen (secondary N) is 2. The lowest BCUT2D eigenvalue weighted by molar-refractivity contribution is -0.118. The van der Waals surface area contributed by atoms with Crippen LogP contribution in [0.5, 0.6) is 0 Å². The SMILES string of the molecule is N#Cc1c(F)cccc1NC(=O)[C@H]1CCCCN1. The molecule has 0 aliphatic carbocycles. The van der Waals surface area contributed by atoms with Gasteiger partial charge in [-0.15, -0.1) is 0 Å². The molecule has 1 aromatic rings. The molecule has 0 spiro atoms. The normalized spacial score (nSPS) is 19.0. The van der Waals surface area contributed by atoms with Crippen LogP contribution in [-0.2, 0) is 4.79 Å². The standard InChI is InChI=1S/C13H14FN3O/c14-10-4-3-6-11(9(10)8-15)17-13(18)12-5-1-2-7-16-12/h3-4,6,12,16H,1-2,5,7H2,(H,17,18)/t12-/m1/s1. The predicted octanol–water partition coefficient (Wildman–Crippen LogP) is 1.78. The molecule has 1 amide bonds. The molecule has 1 heterocycles. The number of rotatable bonds is 2. The van der Waals surface area contributed by atoms with Crippen molar-refractivity contribution in [1.29, 1.82) is 5.26 Å². The Balaban J connectivity index is 2.12. The van der Waals surface area contributed by atoms with Gasteiger partial charge in [0.05, 0.1) is 11.7 Å². The van der Waals surface area contributed by atoms with E-state index >= 15 is 0 Å². The highest BCUT2D eigenvalue weighted by atomic mass is 19.1. The molecular formula is C13H14FN3O. The van der Waals surface area contributed by atoms with Crippen LogP contribution in [0.15, 0.2) is 18.2 Å². The zero-order valence-electron chi connectivity index (χ0n) is 9.87. The van der Waals surface area contributed by atoms with E-state index in [4.69, 9.17) is 5.26 Å². The quantitative estimate of drug-likeness (QED) is 0.837. The molecule has 1 aliphatic rings. The van der Waals surface area contributed by atoms with Gasteiger partial charge in [-0.25, -0.2) is 4.39 Å². The molecule has 0 bridgehead atoms. The van der Waals surface area contributed by atoms with Crippen LogP contribution >= 0.6 is 0 Å². The number of carbonyl (C=O) groups is 1. The lowest BCUT2D eigenvalue weighted by Gasteiger charge is -2.22. The topological polar surface area (TPSA) is 64.9 Å². The van der Waals surface area contributed by atoms with Crippen LogP contribution < -0.4 is 10.6 Å². The minimum atomic E-state index is -0.619. The lowest BCUT2D eigenvalue weighted by atomic mass is 10.0.